The molecule has 1 aromatic carbocycles. The number of pyridine rings is 1. The second-order valence-corrected chi connectivity index (χ2v) is 4.51. The molecule has 1 aromatic heterocycles. The van der Waals surface area contributed by atoms with E-state index in [4.69, 9.17) is 9.47 Å². The van der Waals surface area contributed by atoms with E-state index in [2.05, 4.69) is 10.3 Å². The van der Waals surface area contributed by atoms with Gasteiger partial charge in [-0.2, -0.15) is 0 Å². The van der Waals surface area contributed by atoms with E-state index in [9.17, 15) is 4.79 Å². The second-order valence-electron chi connectivity index (χ2n) is 4.51. The van der Waals surface area contributed by atoms with Crippen LogP contribution in [0.4, 0.5) is 5.82 Å². The van der Waals surface area contributed by atoms with Crippen molar-refractivity contribution in [3.63, 3.8) is 0 Å². The topological polar surface area (TPSA) is 60.5 Å². The SMILES string of the molecule is C[C@@H]1Oc2ccccc2O[C@H]1C(=O)Nc1ccccn1. The molecular formula is C15H14N2O3. The molecule has 5 nitrogen and oxygen atoms in total. The molecule has 0 fully saturated rings. The highest BCUT2D eigenvalue weighted by Gasteiger charge is 2.34. The van der Waals surface area contributed by atoms with Gasteiger partial charge >= 0.3 is 0 Å². The fourth-order valence-corrected chi connectivity index (χ4v) is 2.04. The van der Waals surface area contributed by atoms with E-state index in [-0.39, 0.29) is 12.0 Å². The predicted octanol–water partition coefficient (Wildman–Crippen LogP) is 2.25. The molecule has 0 bridgehead atoms. The van der Waals surface area contributed by atoms with E-state index in [1.54, 1.807) is 37.4 Å². The first-order valence-corrected chi connectivity index (χ1v) is 6.38. The lowest BCUT2D eigenvalue weighted by molar-refractivity contribution is -0.128. The third-order valence-electron chi connectivity index (χ3n) is 3.02. The van der Waals surface area contributed by atoms with Crippen LogP contribution >= 0.6 is 0 Å². The number of amides is 1. The number of benzene rings is 1. The molecule has 0 spiro atoms. The van der Waals surface area contributed by atoms with Gasteiger partial charge in [0.05, 0.1) is 0 Å². The van der Waals surface area contributed by atoms with Gasteiger partial charge in [-0.25, -0.2) is 4.98 Å². The van der Waals surface area contributed by atoms with Crippen LogP contribution in [0.3, 0.4) is 0 Å². The summed E-state index contributed by atoms with van der Waals surface area (Å²) >= 11 is 0. The molecule has 0 aliphatic carbocycles. The van der Waals surface area contributed by atoms with Gasteiger partial charge < -0.3 is 14.8 Å². The Labute approximate surface area is 116 Å². The number of hydrogen-bond donors (Lipinski definition) is 1. The van der Waals surface area contributed by atoms with Crippen LogP contribution in [-0.2, 0) is 4.79 Å². The summed E-state index contributed by atoms with van der Waals surface area (Å²) in [7, 11) is 0. The fourth-order valence-electron chi connectivity index (χ4n) is 2.04. The van der Waals surface area contributed by atoms with E-state index >= 15 is 0 Å². The molecule has 3 rings (SSSR count). The second kappa shape index (κ2) is 5.21. The number of hydrogen-bond acceptors (Lipinski definition) is 4. The lowest BCUT2D eigenvalue weighted by atomic mass is 10.1. The van der Waals surface area contributed by atoms with Crippen LogP contribution in [0, 0.1) is 0 Å². The van der Waals surface area contributed by atoms with Crippen molar-refractivity contribution >= 4 is 11.7 Å². The van der Waals surface area contributed by atoms with Crippen molar-refractivity contribution in [2.75, 3.05) is 5.32 Å². The third kappa shape index (κ3) is 2.42. The first-order valence-electron chi connectivity index (χ1n) is 6.38. The Morgan fingerprint density at radius 1 is 1.10 bits per heavy atom. The minimum atomic E-state index is -0.702. The number of aromatic nitrogens is 1. The summed E-state index contributed by atoms with van der Waals surface area (Å²) in [6.07, 6.45) is 0.549. The third-order valence-corrected chi connectivity index (χ3v) is 3.02. The molecule has 2 heterocycles. The highest BCUT2D eigenvalue weighted by molar-refractivity contribution is 5.94. The highest BCUT2D eigenvalue weighted by Crippen LogP contribution is 2.33. The molecule has 0 saturated heterocycles. The normalized spacial score (nSPS) is 20.2. The zero-order chi connectivity index (χ0) is 13.9. The Hall–Kier alpha value is -2.56. The van der Waals surface area contributed by atoms with Crippen LogP contribution in [0.2, 0.25) is 0 Å². The Balaban J connectivity index is 1.76. The van der Waals surface area contributed by atoms with E-state index in [1.165, 1.54) is 0 Å². The largest absolute Gasteiger partial charge is 0.482 e. The van der Waals surface area contributed by atoms with Gasteiger partial charge in [0.15, 0.2) is 11.5 Å². The van der Waals surface area contributed by atoms with Crippen LogP contribution in [0.5, 0.6) is 11.5 Å². The number of ether oxygens (including phenoxy) is 2. The molecule has 1 aliphatic rings. The van der Waals surface area contributed by atoms with E-state index in [0.717, 1.165) is 0 Å². The smallest absolute Gasteiger partial charge is 0.270 e. The zero-order valence-electron chi connectivity index (χ0n) is 10.9. The molecular weight excluding hydrogens is 256 g/mol. The first-order chi connectivity index (χ1) is 9.74. The van der Waals surface area contributed by atoms with Crippen LogP contribution in [0.1, 0.15) is 6.92 Å². The number of carbonyl (C=O) groups excluding carboxylic acids is 1. The molecule has 1 aliphatic heterocycles. The van der Waals surface area contributed by atoms with Gasteiger partial charge in [0, 0.05) is 6.20 Å². The summed E-state index contributed by atoms with van der Waals surface area (Å²) in [5.74, 6) is 1.45. The maximum atomic E-state index is 12.2. The van der Waals surface area contributed by atoms with Gasteiger partial charge in [-0.1, -0.05) is 18.2 Å². The van der Waals surface area contributed by atoms with E-state index < -0.39 is 6.10 Å². The maximum Gasteiger partial charge on any atom is 0.270 e. The van der Waals surface area contributed by atoms with Gasteiger partial charge in [-0.15, -0.1) is 0 Å². The number of nitrogens with zero attached hydrogens (tertiary/aromatic N) is 1. The Morgan fingerprint density at radius 2 is 1.80 bits per heavy atom. The lowest BCUT2D eigenvalue weighted by Gasteiger charge is -2.30. The molecule has 1 amide bonds. The van der Waals surface area contributed by atoms with Crippen molar-refractivity contribution in [2.24, 2.45) is 0 Å². The molecule has 102 valence electrons. The van der Waals surface area contributed by atoms with E-state index in [1.807, 2.05) is 18.2 Å². The van der Waals surface area contributed by atoms with Crippen molar-refractivity contribution < 1.29 is 14.3 Å². The van der Waals surface area contributed by atoms with Crippen molar-refractivity contribution in [2.45, 2.75) is 19.1 Å². The van der Waals surface area contributed by atoms with Crippen LogP contribution in [0.25, 0.3) is 0 Å². The fraction of sp³-hybridized carbons (Fsp3) is 0.200. The number of fused-ring (bicyclic) bond motifs is 1. The van der Waals surface area contributed by atoms with Crippen molar-refractivity contribution in [3.05, 3.63) is 48.7 Å². The highest BCUT2D eigenvalue weighted by atomic mass is 16.6. The average molecular weight is 270 g/mol. The molecule has 5 heteroatoms. The predicted molar refractivity (Wildman–Crippen MR) is 73.8 cm³/mol. The quantitative estimate of drug-likeness (QED) is 0.909. The van der Waals surface area contributed by atoms with Crippen LogP contribution in [-0.4, -0.2) is 23.1 Å². The minimum Gasteiger partial charge on any atom is -0.482 e. The summed E-state index contributed by atoms with van der Waals surface area (Å²) < 4.78 is 11.4. The summed E-state index contributed by atoms with van der Waals surface area (Å²) in [5, 5.41) is 2.72. The first kappa shape index (κ1) is 12.5. The number of anilines is 1. The van der Waals surface area contributed by atoms with Crippen LogP contribution in [0.15, 0.2) is 48.7 Å². The number of rotatable bonds is 2. The zero-order valence-corrected chi connectivity index (χ0v) is 10.9. The summed E-state index contributed by atoms with van der Waals surface area (Å²) in [4.78, 5) is 16.3. The number of para-hydroxylation sites is 2. The number of carbonyl (C=O) groups is 1. The van der Waals surface area contributed by atoms with Gasteiger partial charge in [0.2, 0.25) is 6.10 Å². The Bertz CT molecular complexity index is 616. The van der Waals surface area contributed by atoms with Gasteiger partial charge in [-0.3, -0.25) is 4.79 Å². The monoisotopic (exact) mass is 270 g/mol. The van der Waals surface area contributed by atoms with Crippen molar-refractivity contribution in [1.82, 2.24) is 4.98 Å². The molecule has 0 radical (unpaired) electrons. The van der Waals surface area contributed by atoms with Crippen LogP contribution < -0.4 is 14.8 Å². The van der Waals surface area contributed by atoms with Gasteiger partial charge in [-0.05, 0) is 31.2 Å². The molecule has 20 heavy (non-hydrogen) atoms. The molecule has 0 saturated carbocycles. The Morgan fingerprint density at radius 3 is 2.50 bits per heavy atom. The summed E-state index contributed by atoms with van der Waals surface area (Å²) in [6.45, 7) is 1.80. The standard InChI is InChI=1S/C15H14N2O3/c1-10-14(15(18)17-13-8-4-5-9-16-13)20-12-7-3-2-6-11(12)19-10/h2-10,14H,1H3,(H,16,17,18)/t10-,14+/m0/s1. The number of nitrogens with one attached hydrogen (secondary N) is 1. The average Bonchev–Trinajstić information content (AvgIpc) is 2.47. The van der Waals surface area contributed by atoms with E-state index in [0.29, 0.717) is 17.3 Å². The molecule has 1 N–H and O–H groups in total. The van der Waals surface area contributed by atoms with Crippen molar-refractivity contribution in [1.29, 1.82) is 0 Å². The molecule has 0 unspecified atom stereocenters. The Kier molecular flexibility index (Phi) is 3.25. The maximum absolute atomic E-state index is 12.2. The lowest BCUT2D eigenvalue weighted by Crippen LogP contribution is -2.46. The minimum absolute atomic E-state index is 0.272. The summed E-state index contributed by atoms with van der Waals surface area (Å²) in [6, 6.07) is 12.6. The summed E-state index contributed by atoms with van der Waals surface area (Å²) in [5.41, 5.74) is 0. The molecule has 2 aromatic rings. The molecule has 2 atom stereocenters. The van der Waals surface area contributed by atoms with Gasteiger partial charge in [0.25, 0.3) is 5.91 Å². The van der Waals surface area contributed by atoms with Crippen molar-refractivity contribution in [3.8, 4) is 11.5 Å². The van der Waals surface area contributed by atoms with Gasteiger partial charge in [0.1, 0.15) is 11.9 Å².